The molecule has 2 N–H and O–H groups in total. The molecule has 0 bridgehead atoms. The van der Waals surface area contributed by atoms with Gasteiger partial charge < -0.3 is 10.6 Å². The second kappa shape index (κ2) is 6.67. The van der Waals surface area contributed by atoms with Crippen LogP contribution < -0.4 is 10.6 Å². The standard InChI is InChI=1S/C20H21FN2O2/c1-20(2)16-11-13(6-7-17(16)23-19(20)25)8-9-22-18(24)12-14-4-3-5-15(21)10-14/h3-7,10-11H,8-9,12H2,1-2H3,(H,22,24)(H,23,25). The first kappa shape index (κ1) is 17.1. The first-order chi connectivity index (χ1) is 11.9. The molecule has 0 aromatic heterocycles. The summed E-state index contributed by atoms with van der Waals surface area (Å²) >= 11 is 0. The van der Waals surface area contributed by atoms with Gasteiger partial charge in [-0.05, 0) is 55.2 Å². The summed E-state index contributed by atoms with van der Waals surface area (Å²) in [5, 5.41) is 5.73. The molecule has 2 aromatic rings. The topological polar surface area (TPSA) is 58.2 Å². The van der Waals surface area contributed by atoms with Crippen molar-refractivity contribution in [1.82, 2.24) is 5.32 Å². The van der Waals surface area contributed by atoms with Crippen molar-refractivity contribution >= 4 is 17.5 Å². The lowest BCUT2D eigenvalue weighted by molar-refractivity contribution is -0.120. The number of hydrogen-bond donors (Lipinski definition) is 2. The highest BCUT2D eigenvalue weighted by atomic mass is 19.1. The van der Waals surface area contributed by atoms with E-state index >= 15 is 0 Å². The number of benzene rings is 2. The molecule has 0 radical (unpaired) electrons. The van der Waals surface area contributed by atoms with Crippen LogP contribution >= 0.6 is 0 Å². The summed E-state index contributed by atoms with van der Waals surface area (Å²) in [6.45, 7) is 4.30. The number of nitrogens with one attached hydrogen (secondary N) is 2. The van der Waals surface area contributed by atoms with E-state index in [0.717, 1.165) is 16.8 Å². The SMILES string of the molecule is CC1(C)C(=O)Nc2ccc(CCNC(=O)Cc3cccc(F)c3)cc21. The number of amides is 2. The van der Waals surface area contributed by atoms with E-state index in [1.165, 1.54) is 12.1 Å². The predicted molar refractivity (Wildman–Crippen MR) is 94.9 cm³/mol. The Balaban J connectivity index is 1.55. The van der Waals surface area contributed by atoms with Gasteiger partial charge >= 0.3 is 0 Å². The fourth-order valence-corrected chi connectivity index (χ4v) is 3.01. The maximum Gasteiger partial charge on any atom is 0.234 e. The third kappa shape index (κ3) is 3.71. The third-order valence-electron chi connectivity index (χ3n) is 4.56. The zero-order valence-corrected chi connectivity index (χ0v) is 14.4. The largest absolute Gasteiger partial charge is 0.355 e. The van der Waals surface area contributed by atoms with E-state index in [-0.39, 0.29) is 24.1 Å². The van der Waals surface area contributed by atoms with Crippen molar-refractivity contribution in [3.8, 4) is 0 Å². The van der Waals surface area contributed by atoms with Crippen LogP contribution in [-0.2, 0) is 27.8 Å². The summed E-state index contributed by atoms with van der Waals surface area (Å²) in [4.78, 5) is 23.9. The highest BCUT2D eigenvalue weighted by Gasteiger charge is 2.38. The van der Waals surface area contributed by atoms with Crippen LogP contribution in [0.25, 0.3) is 0 Å². The summed E-state index contributed by atoms with van der Waals surface area (Å²) in [7, 11) is 0. The number of carbonyl (C=O) groups is 2. The quantitative estimate of drug-likeness (QED) is 0.879. The molecule has 4 nitrogen and oxygen atoms in total. The Kier molecular flexibility index (Phi) is 4.57. The highest BCUT2D eigenvalue weighted by molar-refractivity contribution is 6.05. The Morgan fingerprint density at radius 3 is 2.72 bits per heavy atom. The van der Waals surface area contributed by atoms with Crippen LogP contribution in [0.4, 0.5) is 10.1 Å². The molecule has 25 heavy (non-hydrogen) atoms. The van der Waals surface area contributed by atoms with Gasteiger partial charge in [0.1, 0.15) is 5.82 Å². The molecule has 0 atom stereocenters. The van der Waals surface area contributed by atoms with E-state index in [4.69, 9.17) is 0 Å². The van der Waals surface area contributed by atoms with Gasteiger partial charge in [0.2, 0.25) is 11.8 Å². The summed E-state index contributed by atoms with van der Waals surface area (Å²) in [6.07, 6.45) is 0.833. The molecule has 1 heterocycles. The molecular formula is C20H21FN2O2. The Labute approximate surface area is 146 Å². The van der Waals surface area contributed by atoms with E-state index in [1.54, 1.807) is 12.1 Å². The smallest absolute Gasteiger partial charge is 0.234 e. The number of fused-ring (bicyclic) bond motifs is 1. The summed E-state index contributed by atoms with van der Waals surface area (Å²) in [5.74, 6) is -0.471. The summed E-state index contributed by atoms with van der Waals surface area (Å²) < 4.78 is 13.1. The van der Waals surface area contributed by atoms with Gasteiger partial charge in [-0.3, -0.25) is 9.59 Å². The number of hydrogen-bond acceptors (Lipinski definition) is 2. The fraction of sp³-hybridized carbons (Fsp3) is 0.300. The van der Waals surface area contributed by atoms with Gasteiger partial charge in [0.15, 0.2) is 0 Å². The van der Waals surface area contributed by atoms with Crippen LogP contribution in [-0.4, -0.2) is 18.4 Å². The average Bonchev–Trinajstić information content (AvgIpc) is 2.77. The molecule has 5 heteroatoms. The minimum Gasteiger partial charge on any atom is -0.355 e. The predicted octanol–water partition coefficient (Wildman–Crippen LogP) is 2.96. The van der Waals surface area contributed by atoms with Gasteiger partial charge in [-0.1, -0.05) is 24.3 Å². The molecule has 1 aliphatic rings. The molecule has 0 saturated heterocycles. The van der Waals surface area contributed by atoms with Crippen molar-refractivity contribution in [2.24, 2.45) is 0 Å². The van der Waals surface area contributed by atoms with Crippen molar-refractivity contribution in [2.75, 3.05) is 11.9 Å². The Bertz CT molecular complexity index is 830. The van der Waals surface area contributed by atoms with E-state index in [0.29, 0.717) is 18.5 Å². The van der Waals surface area contributed by atoms with E-state index in [1.807, 2.05) is 32.0 Å². The third-order valence-corrected chi connectivity index (χ3v) is 4.56. The van der Waals surface area contributed by atoms with Crippen LogP contribution in [0, 0.1) is 5.82 Å². The van der Waals surface area contributed by atoms with Crippen LogP contribution in [0.15, 0.2) is 42.5 Å². The van der Waals surface area contributed by atoms with Crippen molar-refractivity contribution in [3.05, 3.63) is 65.0 Å². The normalized spacial score (nSPS) is 14.8. The monoisotopic (exact) mass is 340 g/mol. The lowest BCUT2D eigenvalue weighted by atomic mass is 9.85. The van der Waals surface area contributed by atoms with E-state index < -0.39 is 5.41 Å². The zero-order chi connectivity index (χ0) is 18.0. The Hall–Kier alpha value is -2.69. The Morgan fingerprint density at radius 2 is 1.96 bits per heavy atom. The van der Waals surface area contributed by atoms with Gasteiger partial charge in [0.05, 0.1) is 11.8 Å². The zero-order valence-electron chi connectivity index (χ0n) is 14.4. The highest BCUT2D eigenvalue weighted by Crippen LogP contribution is 2.37. The number of carbonyl (C=O) groups excluding carboxylic acids is 2. The van der Waals surface area contributed by atoms with Crippen molar-refractivity contribution in [2.45, 2.75) is 32.1 Å². The van der Waals surface area contributed by atoms with Gasteiger partial charge in [-0.15, -0.1) is 0 Å². The second-order valence-corrected chi connectivity index (χ2v) is 6.87. The Morgan fingerprint density at radius 1 is 1.16 bits per heavy atom. The first-order valence-corrected chi connectivity index (χ1v) is 8.32. The molecule has 0 saturated carbocycles. The van der Waals surface area contributed by atoms with E-state index in [2.05, 4.69) is 10.6 Å². The van der Waals surface area contributed by atoms with Crippen LogP contribution in [0.5, 0.6) is 0 Å². The van der Waals surface area contributed by atoms with Crippen molar-refractivity contribution < 1.29 is 14.0 Å². The molecular weight excluding hydrogens is 319 g/mol. The van der Waals surface area contributed by atoms with Crippen LogP contribution in [0.3, 0.4) is 0 Å². The van der Waals surface area contributed by atoms with Crippen molar-refractivity contribution in [1.29, 1.82) is 0 Å². The molecule has 130 valence electrons. The van der Waals surface area contributed by atoms with Crippen LogP contribution in [0.2, 0.25) is 0 Å². The van der Waals surface area contributed by atoms with Gasteiger partial charge in [0, 0.05) is 12.2 Å². The molecule has 2 aromatic carbocycles. The second-order valence-electron chi connectivity index (χ2n) is 6.87. The first-order valence-electron chi connectivity index (χ1n) is 8.32. The minimum atomic E-state index is -0.536. The van der Waals surface area contributed by atoms with Crippen LogP contribution in [0.1, 0.15) is 30.5 Å². The van der Waals surface area contributed by atoms with E-state index in [9.17, 15) is 14.0 Å². The lowest BCUT2D eigenvalue weighted by Crippen LogP contribution is -2.28. The average molecular weight is 340 g/mol. The summed E-state index contributed by atoms with van der Waals surface area (Å²) in [5.41, 5.74) is 3.03. The lowest BCUT2D eigenvalue weighted by Gasteiger charge is -2.16. The van der Waals surface area contributed by atoms with Crippen molar-refractivity contribution in [3.63, 3.8) is 0 Å². The maximum atomic E-state index is 13.1. The molecule has 0 aliphatic carbocycles. The number of halogens is 1. The molecule has 0 fully saturated rings. The number of anilines is 1. The molecule has 0 spiro atoms. The fourth-order valence-electron chi connectivity index (χ4n) is 3.01. The van der Waals surface area contributed by atoms with Gasteiger partial charge in [0.25, 0.3) is 0 Å². The van der Waals surface area contributed by atoms with Gasteiger partial charge in [-0.25, -0.2) is 4.39 Å². The molecule has 1 aliphatic heterocycles. The molecule has 0 unspecified atom stereocenters. The number of rotatable bonds is 5. The minimum absolute atomic E-state index is 0.00282. The van der Waals surface area contributed by atoms with Gasteiger partial charge in [-0.2, -0.15) is 0 Å². The maximum absolute atomic E-state index is 13.1. The summed E-state index contributed by atoms with van der Waals surface area (Å²) in [6, 6.07) is 11.9. The molecule has 3 rings (SSSR count). The molecule has 2 amide bonds.